The minimum atomic E-state index is -3.99. The van der Waals surface area contributed by atoms with Crippen molar-refractivity contribution in [3.63, 3.8) is 0 Å². The van der Waals surface area contributed by atoms with Gasteiger partial charge in [0.2, 0.25) is 10.0 Å². The number of hydrogen-bond acceptors (Lipinski definition) is 7. The number of benzene rings is 1. The van der Waals surface area contributed by atoms with Gasteiger partial charge in [0.1, 0.15) is 11.8 Å². The zero-order valence-corrected chi connectivity index (χ0v) is 23.4. The third kappa shape index (κ3) is 6.40. The van der Waals surface area contributed by atoms with E-state index in [0.29, 0.717) is 0 Å². The molecular weight excluding hydrogens is 474 g/mol. The van der Waals surface area contributed by atoms with E-state index in [0.717, 1.165) is 5.56 Å². The van der Waals surface area contributed by atoms with Gasteiger partial charge in [-0.2, -0.15) is 4.31 Å². The molecule has 34 heavy (non-hydrogen) atoms. The van der Waals surface area contributed by atoms with Crippen LogP contribution in [0.3, 0.4) is 0 Å². The zero-order valence-electron chi connectivity index (χ0n) is 21.6. The highest BCUT2D eigenvalue weighted by atomic mass is 32.2. The zero-order chi connectivity index (χ0) is 25.9. The number of sulfonamides is 1. The number of carbonyl (C=O) groups is 1. The van der Waals surface area contributed by atoms with E-state index >= 15 is 0 Å². The Hall–Kier alpha value is -1.90. The van der Waals surface area contributed by atoms with Crippen molar-refractivity contribution in [3.8, 4) is 11.8 Å². The summed E-state index contributed by atoms with van der Waals surface area (Å²) in [5.41, 5.74) is -0.238. The number of carbonyl (C=O) groups excluding carboxylic acids is 1. The Morgan fingerprint density at radius 3 is 2.38 bits per heavy atom. The number of hydrogen-bond donors (Lipinski definition) is 0. The Morgan fingerprint density at radius 2 is 1.85 bits per heavy atom. The number of ether oxygens (including phenoxy) is 3. The van der Waals surface area contributed by atoms with E-state index in [9.17, 15) is 13.2 Å². The predicted molar refractivity (Wildman–Crippen MR) is 132 cm³/mol. The monoisotopic (exact) mass is 511 g/mol. The molecule has 1 saturated heterocycles. The summed E-state index contributed by atoms with van der Waals surface area (Å²) in [6.45, 7) is 15.9. The van der Waals surface area contributed by atoms with Crippen molar-refractivity contribution in [2.45, 2.75) is 82.4 Å². The van der Waals surface area contributed by atoms with Gasteiger partial charge in [-0.05, 0) is 51.0 Å². The van der Waals surface area contributed by atoms with Crippen molar-refractivity contribution in [2.24, 2.45) is 0 Å². The number of rotatable bonds is 6. The summed E-state index contributed by atoms with van der Waals surface area (Å²) in [6.07, 6.45) is -2.07. The molecule has 2 atom stereocenters. The highest BCUT2D eigenvalue weighted by Crippen LogP contribution is 2.37. The lowest BCUT2D eigenvalue weighted by atomic mass is 10.1. The summed E-state index contributed by atoms with van der Waals surface area (Å²) in [5.74, 6) is 5.81. The van der Waals surface area contributed by atoms with Gasteiger partial charge in [0.05, 0.1) is 25.2 Å². The molecule has 8 nitrogen and oxygen atoms in total. The summed E-state index contributed by atoms with van der Waals surface area (Å²) in [4.78, 5) is 12.1. The molecular formula is C24H37NO7SSi. The summed E-state index contributed by atoms with van der Waals surface area (Å²) in [6, 6.07) is 5.68. The van der Waals surface area contributed by atoms with Gasteiger partial charge in [-0.3, -0.25) is 0 Å². The first-order chi connectivity index (χ1) is 15.5. The molecule has 0 aliphatic carbocycles. The molecule has 1 heterocycles. The van der Waals surface area contributed by atoms with Gasteiger partial charge in [-0.15, -0.1) is 0 Å². The maximum absolute atomic E-state index is 13.6. The number of aryl methyl sites for hydroxylation is 1. The van der Waals surface area contributed by atoms with Gasteiger partial charge in [-0.1, -0.05) is 50.3 Å². The van der Waals surface area contributed by atoms with Crippen LogP contribution in [0, 0.1) is 18.8 Å². The van der Waals surface area contributed by atoms with E-state index < -0.39 is 42.4 Å². The van der Waals surface area contributed by atoms with Crippen LogP contribution < -0.4 is 0 Å². The van der Waals surface area contributed by atoms with Crippen molar-refractivity contribution in [1.82, 2.24) is 4.31 Å². The molecule has 1 aliphatic rings. The Labute approximate surface area is 205 Å². The summed E-state index contributed by atoms with van der Waals surface area (Å²) in [5, 5.41) is 0.0127. The molecule has 0 aromatic heterocycles. The molecule has 1 fully saturated rings. The van der Waals surface area contributed by atoms with E-state index in [1.807, 2.05) is 6.92 Å². The van der Waals surface area contributed by atoms with Crippen LogP contribution in [0.1, 0.15) is 40.2 Å². The minimum absolute atomic E-state index is 0.00246. The fourth-order valence-corrected chi connectivity index (χ4v) is 5.99. The maximum atomic E-state index is 13.6. The van der Waals surface area contributed by atoms with Crippen molar-refractivity contribution in [2.75, 3.05) is 20.3 Å². The maximum Gasteiger partial charge on any atom is 0.509 e. The third-order valence-corrected chi connectivity index (χ3v) is 12.9. The molecule has 0 saturated carbocycles. The molecule has 2 rings (SSSR count). The van der Waals surface area contributed by atoms with Crippen molar-refractivity contribution < 1.29 is 31.8 Å². The fraction of sp³-hybridized carbons (Fsp3) is 0.625. The minimum Gasteiger partial charge on any atom is -0.438 e. The van der Waals surface area contributed by atoms with Crippen molar-refractivity contribution >= 4 is 24.5 Å². The van der Waals surface area contributed by atoms with Crippen molar-refractivity contribution in [3.05, 3.63) is 29.8 Å². The Morgan fingerprint density at radius 1 is 1.26 bits per heavy atom. The first-order valence-corrected chi connectivity index (χ1v) is 15.5. The van der Waals surface area contributed by atoms with Gasteiger partial charge in [0, 0.05) is 0 Å². The molecule has 190 valence electrons. The van der Waals surface area contributed by atoms with Crippen LogP contribution in [-0.4, -0.2) is 65.4 Å². The molecule has 10 heteroatoms. The molecule has 0 unspecified atom stereocenters. The molecule has 1 aromatic carbocycles. The van der Waals surface area contributed by atoms with E-state index in [-0.39, 0.29) is 23.1 Å². The van der Waals surface area contributed by atoms with Gasteiger partial charge in [-0.25, -0.2) is 13.2 Å². The van der Waals surface area contributed by atoms with Crippen LogP contribution >= 0.6 is 0 Å². The van der Waals surface area contributed by atoms with Crippen LogP contribution in [0.4, 0.5) is 4.79 Å². The lowest BCUT2D eigenvalue weighted by Crippen LogP contribution is -2.52. The van der Waals surface area contributed by atoms with Crippen LogP contribution in [0.15, 0.2) is 29.2 Å². The molecule has 0 spiro atoms. The number of methoxy groups -OCH3 is 1. The molecule has 0 radical (unpaired) electrons. The second-order valence-corrected chi connectivity index (χ2v) is 16.9. The summed E-state index contributed by atoms with van der Waals surface area (Å²) >= 11 is 0. The molecule has 0 N–H and O–H groups in total. The first-order valence-electron chi connectivity index (χ1n) is 11.1. The Bertz CT molecular complexity index is 1030. The van der Waals surface area contributed by atoms with Gasteiger partial charge in [0.15, 0.2) is 14.4 Å². The third-order valence-electron chi connectivity index (χ3n) is 6.31. The second kappa shape index (κ2) is 10.4. The molecule has 0 amide bonds. The lowest BCUT2D eigenvalue weighted by molar-refractivity contribution is -0.0180. The second-order valence-electron chi connectivity index (χ2n) is 10.3. The van der Waals surface area contributed by atoms with Crippen LogP contribution in [-0.2, 0) is 28.7 Å². The standard InChI is InChI=1S/C24H37NO7SSi/c1-18-12-14-19(15-13-18)33(27,28)25-20(17-30-24(25,5)6)21(32-22(26)29-7)11-10-16-31-34(8,9)23(2,3)4/h12-15,20-21H,16-17H2,1-9H3/t20-,21+/m0/s1. The average Bonchev–Trinajstić information content (AvgIpc) is 3.05. The van der Waals surface area contributed by atoms with E-state index in [2.05, 4.69) is 50.4 Å². The van der Waals surface area contributed by atoms with Crippen LogP contribution in [0.2, 0.25) is 18.1 Å². The van der Waals surface area contributed by atoms with Crippen molar-refractivity contribution in [1.29, 1.82) is 0 Å². The molecule has 1 aliphatic heterocycles. The highest BCUT2D eigenvalue weighted by Gasteiger charge is 2.52. The van der Waals surface area contributed by atoms with Gasteiger partial charge < -0.3 is 18.6 Å². The van der Waals surface area contributed by atoms with Gasteiger partial charge in [0.25, 0.3) is 0 Å². The SMILES string of the molecule is COC(=O)O[C@H](C#CCO[Si](C)(C)C(C)(C)C)[C@@H]1COC(C)(C)N1S(=O)(=O)c1ccc(C)cc1. The fourth-order valence-electron chi connectivity index (χ4n) is 3.25. The summed E-state index contributed by atoms with van der Waals surface area (Å²) < 4.78 is 50.4. The summed E-state index contributed by atoms with van der Waals surface area (Å²) in [7, 11) is -4.83. The van der Waals surface area contributed by atoms with E-state index in [4.69, 9.17) is 13.9 Å². The molecule has 0 bridgehead atoms. The quantitative estimate of drug-likeness (QED) is 0.319. The average molecular weight is 512 g/mol. The molecule has 1 aromatic rings. The smallest absolute Gasteiger partial charge is 0.438 e. The topological polar surface area (TPSA) is 91.4 Å². The van der Waals surface area contributed by atoms with Crippen LogP contribution in [0.25, 0.3) is 0 Å². The Balaban J connectivity index is 2.39. The number of nitrogens with zero attached hydrogens (tertiary/aromatic N) is 1. The largest absolute Gasteiger partial charge is 0.509 e. The van der Waals surface area contributed by atoms with Crippen LogP contribution in [0.5, 0.6) is 0 Å². The highest BCUT2D eigenvalue weighted by molar-refractivity contribution is 7.89. The lowest BCUT2D eigenvalue weighted by Gasteiger charge is -2.35. The predicted octanol–water partition coefficient (Wildman–Crippen LogP) is 4.30. The van der Waals surface area contributed by atoms with E-state index in [1.54, 1.807) is 38.1 Å². The van der Waals surface area contributed by atoms with E-state index in [1.165, 1.54) is 11.4 Å². The van der Waals surface area contributed by atoms with Gasteiger partial charge >= 0.3 is 6.16 Å². The first kappa shape index (κ1) is 28.3. The normalized spacial score (nSPS) is 19.7. The Kier molecular flexibility index (Phi) is 8.65.